The Hall–Kier alpha value is -4.13. The van der Waals surface area contributed by atoms with Crippen molar-refractivity contribution in [1.29, 1.82) is 0 Å². The Balaban J connectivity index is 1.07. The van der Waals surface area contributed by atoms with Crippen LogP contribution in [0.25, 0.3) is 0 Å². The number of carbonyl (C=O) groups excluding carboxylic acids is 6. The van der Waals surface area contributed by atoms with Crippen molar-refractivity contribution in [2.75, 3.05) is 13.2 Å². The predicted molar refractivity (Wildman–Crippen MR) is 252 cm³/mol. The number of carbonyl (C=O) groups is 7. The molecule has 69 heavy (non-hydrogen) atoms. The Morgan fingerprint density at radius 3 is 2.29 bits per heavy atom. The molecule has 0 bridgehead atoms. The first kappa shape index (κ1) is 55.8. The molecule has 0 aromatic carbocycles. The second-order valence-electron chi connectivity index (χ2n) is 21.8. The minimum Gasteiger partial charge on any atom is -0.481 e. The number of allylic oxidation sites excluding steroid dienone is 1. The summed E-state index contributed by atoms with van der Waals surface area (Å²) < 4.78 is 22.4. The van der Waals surface area contributed by atoms with Gasteiger partial charge in [-0.25, -0.2) is 0 Å². The molecule has 18 nitrogen and oxygen atoms in total. The van der Waals surface area contributed by atoms with Crippen molar-refractivity contribution < 1.29 is 67.8 Å². The summed E-state index contributed by atoms with van der Waals surface area (Å²) in [7, 11) is 0. The van der Waals surface area contributed by atoms with E-state index >= 15 is 0 Å². The summed E-state index contributed by atoms with van der Waals surface area (Å²) in [6.45, 7) is 13.5. The van der Waals surface area contributed by atoms with E-state index in [-0.39, 0.29) is 37.2 Å². The normalized spacial score (nSPS) is 33.2. The van der Waals surface area contributed by atoms with Gasteiger partial charge in [-0.2, -0.15) is 0 Å². The first-order valence-electron chi connectivity index (χ1n) is 25.6. The number of aliphatic hydroxyl groups is 2. The molecule has 15 atom stereocenters. The van der Waals surface area contributed by atoms with E-state index in [4.69, 9.17) is 29.8 Å². The Morgan fingerprint density at radius 2 is 1.62 bits per heavy atom. The molecular formula is C51H82N4O14. The maximum atomic E-state index is 13.1. The van der Waals surface area contributed by atoms with Crippen LogP contribution in [0, 0.1) is 46.3 Å². The smallest absolute Gasteiger partial charge is 0.306 e. The van der Waals surface area contributed by atoms with Gasteiger partial charge in [-0.15, -0.1) is 0 Å². The summed E-state index contributed by atoms with van der Waals surface area (Å²) in [5.74, 6) is -1.26. The van der Waals surface area contributed by atoms with Gasteiger partial charge in [0.2, 0.25) is 23.6 Å². The molecule has 0 spiro atoms. The lowest BCUT2D eigenvalue weighted by Crippen LogP contribution is -2.65. The van der Waals surface area contributed by atoms with Gasteiger partial charge >= 0.3 is 17.9 Å². The highest BCUT2D eigenvalue weighted by Crippen LogP contribution is 2.65. The Kier molecular flexibility index (Phi) is 20.1. The van der Waals surface area contributed by atoms with E-state index in [1.807, 2.05) is 0 Å². The van der Waals surface area contributed by atoms with Crippen molar-refractivity contribution in [3.05, 3.63) is 11.6 Å². The molecule has 390 valence electrons. The highest BCUT2D eigenvalue weighted by atomic mass is 16.6. The molecule has 0 aromatic rings. The standard InChI is InChI=1S/C51H82N4O14/c1-8-37(48(64)55-38(47(52)63)16-17-41(58)59)54-40(57)27-67-46-44(53-30(5)56)49(65)69-39(45(46)62)26-66-42(60)18-19-43(61)68-33-20-23-51(7)32(24-33)13-14-34-35-15-12-31(29(4)11-9-10-28(2)3)25-50(35,6)22-21-36(34)51/h13,28-29,31,33-39,44-46,49,62,65H,8-12,14-27H2,1-7H3,(H2,52,63)(H,53,56)(H,54,57)(H,55,64)(H,58,59)/t29-,31?,33?,34?,35?,36?,37?,38?,39?,44?,45?,46?,49?,50-,51+/m1/s1. The van der Waals surface area contributed by atoms with E-state index in [2.05, 4.69) is 56.6 Å². The number of amides is 4. The van der Waals surface area contributed by atoms with Crippen LogP contribution in [0.3, 0.4) is 0 Å². The molecule has 1 heterocycles. The molecule has 12 unspecified atom stereocenters. The molecule has 8 N–H and O–H groups in total. The van der Waals surface area contributed by atoms with Gasteiger partial charge in [0, 0.05) is 19.8 Å². The zero-order valence-corrected chi connectivity index (χ0v) is 42.0. The highest BCUT2D eigenvalue weighted by molar-refractivity contribution is 5.92. The number of rotatable bonds is 23. The van der Waals surface area contributed by atoms with Crippen LogP contribution in [0.4, 0.5) is 0 Å². The SMILES string of the molecule is CCC(NC(=O)COC1C(O)C(COC(=O)CCC(=O)OC2CC[C@@]3(C)C(=CCC4C5CCC([C@H](C)CCCC(C)C)C[C@@]5(C)CCC43)C2)OC(O)C1NC(C)=O)C(=O)NC(CCC(=O)O)C(N)=O. The lowest BCUT2D eigenvalue weighted by molar-refractivity contribution is -0.262. The van der Waals surface area contributed by atoms with Gasteiger partial charge in [0.1, 0.15) is 55.8 Å². The molecule has 18 heteroatoms. The number of carboxylic acids is 1. The maximum Gasteiger partial charge on any atom is 0.306 e. The van der Waals surface area contributed by atoms with Gasteiger partial charge in [0.15, 0.2) is 6.29 Å². The van der Waals surface area contributed by atoms with Crippen molar-refractivity contribution in [2.45, 2.75) is 206 Å². The monoisotopic (exact) mass is 975 g/mol. The van der Waals surface area contributed by atoms with Crippen LogP contribution < -0.4 is 21.7 Å². The van der Waals surface area contributed by atoms with Crippen molar-refractivity contribution in [3.63, 3.8) is 0 Å². The third-order valence-electron chi connectivity index (χ3n) is 16.5. The molecule has 1 aliphatic heterocycles. The van der Waals surface area contributed by atoms with Crippen LogP contribution in [-0.2, 0) is 52.5 Å². The predicted octanol–water partition coefficient (Wildman–Crippen LogP) is 4.35. The fourth-order valence-corrected chi connectivity index (χ4v) is 12.5. The molecule has 5 rings (SSSR count). The molecule has 0 radical (unpaired) electrons. The summed E-state index contributed by atoms with van der Waals surface area (Å²) in [5, 5.41) is 38.2. The Labute approximate surface area is 407 Å². The number of nitrogens with two attached hydrogens (primary N) is 1. The number of esters is 2. The van der Waals surface area contributed by atoms with E-state index < -0.39 is 104 Å². The minimum absolute atomic E-state index is 0.0539. The maximum absolute atomic E-state index is 13.1. The minimum atomic E-state index is -1.77. The third-order valence-corrected chi connectivity index (χ3v) is 16.5. The second-order valence-corrected chi connectivity index (χ2v) is 21.8. The number of aliphatic carboxylic acids is 1. The van der Waals surface area contributed by atoms with E-state index in [1.165, 1.54) is 56.9 Å². The van der Waals surface area contributed by atoms with Crippen molar-refractivity contribution in [3.8, 4) is 0 Å². The first-order valence-corrected chi connectivity index (χ1v) is 25.6. The lowest BCUT2D eigenvalue weighted by atomic mass is 9.44. The summed E-state index contributed by atoms with van der Waals surface area (Å²) in [6.07, 6.45) is 8.81. The van der Waals surface area contributed by atoms with Gasteiger partial charge in [0.25, 0.3) is 0 Å². The summed E-state index contributed by atoms with van der Waals surface area (Å²) in [4.78, 5) is 86.5. The number of fused-ring (bicyclic) bond motifs is 5. The van der Waals surface area contributed by atoms with E-state index in [1.54, 1.807) is 6.92 Å². The van der Waals surface area contributed by atoms with Crippen molar-refractivity contribution in [2.24, 2.45) is 52.1 Å². The molecule has 1 saturated heterocycles. The van der Waals surface area contributed by atoms with E-state index in [0.29, 0.717) is 23.7 Å². The average molecular weight is 975 g/mol. The summed E-state index contributed by atoms with van der Waals surface area (Å²) in [5.41, 5.74) is 7.21. The van der Waals surface area contributed by atoms with Gasteiger partial charge < -0.3 is 56.0 Å². The zero-order valence-electron chi connectivity index (χ0n) is 42.0. The lowest BCUT2D eigenvalue weighted by Gasteiger charge is -2.61. The van der Waals surface area contributed by atoms with Crippen LogP contribution in [0.1, 0.15) is 158 Å². The van der Waals surface area contributed by atoms with Gasteiger partial charge in [0.05, 0.1) is 12.8 Å². The average Bonchev–Trinajstić information content (AvgIpc) is 3.28. The molecule has 4 aliphatic carbocycles. The number of hydrogen-bond acceptors (Lipinski definition) is 13. The molecule has 4 fully saturated rings. The quantitative estimate of drug-likeness (QED) is 0.0554. The summed E-state index contributed by atoms with van der Waals surface area (Å²) in [6, 6.07) is -3.86. The number of nitrogens with one attached hydrogen (secondary N) is 3. The van der Waals surface area contributed by atoms with Crippen LogP contribution in [0.15, 0.2) is 11.6 Å². The molecule has 0 aromatic heterocycles. The fourth-order valence-electron chi connectivity index (χ4n) is 12.5. The van der Waals surface area contributed by atoms with Gasteiger partial charge in [-0.3, -0.25) is 33.6 Å². The van der Waals surface area contributed by atoms with Gasteiger partial charge in [-0.1, -0.05) is 72.5 Å². The van der Waals surface area contributed by atoms with Crippen LogP contribution in [0.2, 0.25) is 0 Å². The molecule has 4 amide bonds. The largest absolute Gasteiger partial charge is 0.481 e. The number of primary amides is 1. The highest BCUT2D eigenvalue weighted by Gasteiger charge is 2.56. The molecule has 5 aliphatic rings. The van der Waals surface area contributed by atoms with Crippen LogP contribution >= 0.6 is 0 Å². The van der Waals surface area contributed by atoms with E-state index in [0.717, 1.165) is 49.9 Å². The van der Waals surface area contributed by atoms with Crippen molar-refractivity contribution >= 4 is 41.5 Å². The summed E-state index contributed by atoms with van der Waals surface area (Å²) >= 11 is 0. The Bertz CT molecular complexity index is 1860. The molecular weight excluding hydrogens is 893 g/mol. The number of hydrogen-bond donors (Lipinski definition) is 7. The fraction of sp³-hybridized carbons (Fsp3) is 0.824. The van der Waals surface area contributed by atoms with Gasteiger partial charge in [-0.05, 0) is 111 Å². The number of aliphatic hydroxyl groups excluding tert-OH is 2. The van der Waals surface area contributed by atoms with Crippen molar-refractivity contribution in [1.82, 2.24) is 16.0 Å². The number of ether oxygens (including phenoxy) is 4. The van der Waals surface area contributed by atoms with E-state index in [9.17, 15) is 43.8 Å². The Morgan fingerprint density at radius 1 is 0.899 bits per heavy atom. The van der Waals surface area contributed by atoms with Crippen LogP contribution in [-0.4, -0.2) is 119 Å². The zero-order chi connectivity index (χ0) is 50.8. The third kappa shape index (κ3) is 14.7. The van der Waals surface area contributed by atoms with Crippen LogP contribution in [0.5, 0.6) is 0 Å². The molecule has 3 saturated carbocycles. The first-order chi connectivity index (χ1) is 32.5. The number of carboxylic acid groups (broad SMARTS) is 1. The topological polar surface area (TPSA) is 279 Å². The second kappa shape index (κ2) is 24.8.